The third kappa shape index (κ3) is 4.66. The molecule has 0 aliphatic heterocycles. The van der Waals surface area contributed by atoms with Gasteiger partial charge in [-0.15, -0.1) is 0 Å². The van der Waals surface area contributed by atoms with Crippen molar-refractivity contribution in [2.45, 2.75) is 24.8 Å². The first kappa shape index (κ1) is 15.7. The molecule has 4 N–H and O–H groups in total. The van der Waals surface area contributed by atoms with Gasteiger partial charge in [-0.2, -0.15) is 0 Å². The van der Waals surface area contributed by atoms with Crippen molar-refractivity contribution >= 4 is 33.3 Å². The number of amides is 1. The Morgan fingerprint density at radius 2 is 2.16 bits per heavy atom. The van der Waals surface area contributed by atoms with Gasteiger partial charge in [0.25, 0.3) is 0 Å². The van der Waals surface area contributed by atoms with Gasteiger partial charge in [-0.25, -0.2) is 18.1 Å². The van der Waals surface area contributed by atoms with Gasteiger partial charge in [0.2, 0.25) is 15.9 Å². The largest absolute Gasteiger partial charge is 0.382 e. The standard InChI is InChI=1S/C10H15ClN4O3S/c1-6(2)15-9(16)5-14-19(17,18)7-3-8(11)10(12)13-4-7/h3-4,6,14H,5H2,1-2H3,(H2,12,13)(H,15,16). The summed E-state index contributed by atoms with van der Waals surface area (Å²) in [5.74, 6) is -0.383. The maximum absolute atomic E-state index is 11.9. The van der Waals surface area contributed by atoms with Crippen molar-refractivity contribution in [3.05, 3.63) is 17.3 Å². The number of pyridine rings is 1. The molecular weight excluding hydrogens is 292 g/mol. The normalized spacial score (nSPS) is 11.6. The van der Waals surface area contributed by atoms with Crippen LogP contribution in [0.3, 0.4) is 0 Å². The van der Waals surface area contributed by atoms with E-state index >= 15 is 0 Å². The van der Waals surface area contributed by atoms with Gasteiger partial charge < -0.3 is 11.1 Å². The van der Waals surface area contributed by atoms with Gasteiger partial charge in [0.05, 0.1) is 11.6 Å². The van der Waals surface area contributed by atoms with Crippen LogP contribution < -0.4 is 15.8 Å². The van der Waals surface area contributed by atoms with E-state index in [1.807, 2.05) is 0 Å². The smallest absolute Gasteiger partial charge is 0.242 e. The highest BCUT2D eigenvalue weighted by Gasteiger charge is 2.17. The minimum atomic E-state index is -3.84. The molecule has 0 atom stereocenters. The second kappa shape index (κ2) is 6.18. The van der Waals surface area contributed by atoms with Gasteiger partial charge in [0, 0.05) is 12.2 Å². The van der Waals surface area contributed by atoms with Crippen LogP contribution in [0.25, 0.3) is 0 Å². The SMILES string of the molecule is CC(C)NC(=O)CNS(=O)(=O)c1cnc(N)c(Cl)c1. The van der Waals surface area contributed by atoms with E-state index in [0.717, 1.165) is 6.20 Å². The lowest BCUT2D eigenvalue weighted by molar-refractivity contribution is -0.120. The number of rotatable bonds is 5. The summed E-state index contributed by atoms with van der Waals surface area (Å²) in [7, 11) is -3.84. The van der Waals surface area contributed by atoms with E-state index in [2.05, 4.69) is 15.0 Å². The number of carbonyl (C=O) groups excluding carboxylic acids is 1. The zero-order valence-corrected chi connectivity index (χ0v) is 12.0. The molecule has 1 aromatic rings. The molecule has 0 unspecified atom stereocenters. The summed E-state index contributed by atoms with van der Waals surface area (Å²) in [6, 6.07) is 1.11. The average molecular weight is 307 g/mol. The van der Waals surface area contributed by atoms with Crippen LogP contribution in [0.15, 0.2) is 17.2 Å². The van der Waals surface area contributed by atoms with Crippen molar-refractivity contribution in [2.24, 2.45) is 0 Å². The van der Waals surface area contributed by atoms with Crippen LogP contribution in [0.4, 0.5) is 5.82 Å². The van der Waals surface area contributed by atoms with Crippen LogP contribution in [-0.4, -0.2) is 31.9 Å². The summed E-state index contributed by atoms with van der Waals surface area (Å²) < 4.78 is 25.9. The summed E-state index contributed by atoms with van der Waals surface area (Å²) in [4.78, 5) is 14.9. The molecule has 0 spiro atoms. The minimum Gasteiger partial charge on any atom is -0.382 e. The van der Waals surface area contributed by atoms with Crippen LogP contribution in [0.1, 0.15) is 13.8 Å². The van der Waals surface area contributed by atoms with Crippen LogP contribution >= 0.6 is 11.6 Å². The Hall–Kier alpha value is -1.38. The number of anilines is 1. The topological polar surface area (TPSA) is 114 Å². The Kier molecular flexibility index (Phi) is 5.10. The average Bonchev–Trinajstić information content (AvgIpc) is 2.29. The van der Waals surface area contributed by atoms with Crippen molar-refractivity contribution in [1.82, 2.24) is 15.0 Å². The van der Waals surface area contributed by atoms with E-state index in [4.69, 9.17) is 17.3 Å². The zero-order valence-electron chi connectivity index (χ0n) is 10.5. The van der Waals surface area contributed by atoms with Crippen molar-refractivity contribution in [1.29, 1.82) is 0 Å². The summed E-state index contributed by atoms with van der Waals surface area (Å²) in [5, 5.41) is 2.60. The summed E-state index contributed by atoms with van der Waals surface area (Å²) in [5.41, 5.74) is 5.39. The molecule has 1 aromatic heterocycles. The fourth-order valence-electron chi connectivity index (χ4n) is 1.19. The molecule has 0 bridgehead atoms. The number of nitrogens with two attached hydrogens (primary N) is 1. The monoisotopic (exact) mass is 306 g/mol. The molecule has 0 aliphatic carbocycles. The quantitative estimate of drug-likeness (QED) is 0.715. The molecular formula is C10H15ClN4O3S. The van der Waals surface area contributed by atoms with Gasteiger partial charge in [-0.05, 0) is 19.9 Å². The van der Waals surface area contributed by atoms with E-state index in [9.17, 15) is 13.2 Å². The van der Waals surface area contributed by atoms with Crippen LogP contribution in [-0.2, 0) is 14.8 Å². The lowest BCUT2D eigenvalue weighted by Gasteiger charge is -2.10. The Balaban J connectivity index is 2.76. The van der Waals surface area contributed by atoms with E-state index in [0.29, 0.717) is 0 Å². The fourth-order valence-corrected chi connectivity index (χ4v) is 2.38. The second-order valence-electron chi connectivity index (χ2n) is 4.08. The molecule has 19 heavy (non-hydrogen) atoms. The second-order valence-corrected chi connectivity index (χ2v) is 6.26. The first-order chi connectivity index (χ1) is 8.72. The number of nitrogens with zero attached hydrogens (tertiary/aromatic N) is 1. The number of nitrogens with one attached hydrogen (secondary N) is 2. The molecule has 106 valence electrons. The summed E-state index contributed by atoms with van der Waals surface area (Å²) in [6.45, 7) is 3.19. The number of halogens is 1. The number of nitrogen functional groups attached to an aromatic ring is 1. The predicted octanol–water partition coefficient (Wildman–Crippen LogP) is 0.120. The third-order valence-electron chi connectivity index (χ3n) is 2.03. The fraction of sp³-hybridized carbons (Fsp3) is 0.400. The van der Waals surface area contributed by atoms with E-state index in [1.54, 1.807) is 13.8 Å². The zero-order chi connectivity index (χ0) is 14.6. The molecule has 9 heteroatoms. The van der Waals surface area contributed by atoms with Crippen molar-refractivity contribution in [2.75, 3.05) is 12.3 Å². The maximum atomic E-state index is 11.9. The summed E-state index contributed by atoms with van der Waals surface area (Å²) >= 11 is 5.69. The molecule has 0 saturated carbocycles. The van der Waals surface area contributed by atoms with Gasteiger partial charge >= 0.3 is 0 Å². The van der Waals surface area contributed by atoms with Crippen molar-refractivity contribution < 1.29 is 13.2 Å². The molecule has 0 saturated heterocycles. The highest BCUT2D eigenvalue weighted by molar-refractivity contribution is 7.89. The first-order valence-electron chi connectivity index (χ1n) is 5.42. The van der Waals surface area contributed by atoms with E-state index < -0.39 is 15.9 Å². The number of carbonyl (C=O) groups is 1. The summed E-state index contributed by atoms with van der Waals surface area (Å²) in [6.07, 6.45) is 1.07. The van der Waals surface area contributed by atoms with E-state index in [-0.39, 0.29) is 28.3 Å². The number of sulfonamides is 1. The Labute approximate surface area is 116 Å². The predicted molar refractivity (Wildman–Crippen MR) is 72.1 cm³/mol. The lowest BCUT2D eigenvalue weighted by Crippen LogP contribution is -2.39. The van der Waals surface area contributed by atoms with Crippen molar-refractivity contribution in [3.63, 3.8) is 0 Å². The molecule has 7 nitrogen and oxygen atoms in total. The number of aromatic nitrogens is 1. The third-order valence-corrected chi connectivity index (χ3v) is 3.70. The van der Waals surface area contributed by atoms with Gasteiger partial charge in [0.15, 0.2) is 0 Å². The molecule has 1 amide bonds. The highest BCUT2D eigenvalue weighted by Crippen LogP contribution is 2.19. The molecule has 0 fully saturated rings. The maximum Gasteiger partial charge on any atom is 0.242 e. The lowest BCUT2D eigenvalue weighted by atomic mass is 10.4. The Morgan fingerprint density at radius 1 is 1.53 bits per heavy atom. The first-order valence-corrected chi connectivity index (χ1v) is 7.28. The van der Waals surface area contributed by atoms with Gasteiger partial charge in [-0.1, -0.05) is 11.6 Å². The van der Waals surface area contributed by atoms with Crippen LogP contribution in [0.2, 0.25) is 5.02 Å². The Morgan fingerprint density at radius 3 is 2.68 bits per heavy atom. The Bertz CT molecular complexity index is 574. The van der Waals surface area contributed by atoms with Crippen molar-refractivity contribution in [3.8, 4) is 0 Å². The van der Waals surface area contributed by atoms with Crippen LogP contribution in [0.5, 0.6) is 0 Å². The van der Waals surface area contributed by atoms with Gasteiger partial charge in [-0.3, -0.25) is 4.79 Å². The highest BCUT2D eigenvalue weighted by atomic mass is 35.5. The van der Waals surface area contributed by atoms with E-state index in [1.165, 1.54) is 6.07 Å². The molecule has 0 aromatic carbocycles. The molecule has 1 heterocycles. The van der Waals surface area contributed by atoms with Crippen LogP contribution in [0, 0.1) is 0 Å². The number of hydrogen-bond donors (Lipinski definition) is 3. The minimum absolute atomic E-state index is 0.0366. The molecule has 0 radical (unpaired) electrons. The molecule has 0 aliphatic rings. The molecule has 1 rings (SSSR count). The van der Waals surface area contributed by atoms with Gasteiger partial charge in [0.1, 0.15) is 10.7 Å². The number of hydrogen-bond acceptors (Lipinski definition) is 5.